The van der Waals surface area contributed by atoms with E-state index in [4.69, 9.17) is 10.8 Å². The molecule has 0 radical (unpaired) electrons. The van der Waals surface area contributed by atoms with Gasteiger partial charge >= 0.3 is 0 Å². The molecule has 0 aliphatic rings. The summed E-state index contributed by atoms with van der Waals surface area (Å²) in [6.45, 7) is 0.271. The van der Waals surface area contributed by atoms with Gasteiger partial charge in [0.1, 0.15) is 0 Å². The molecule has 0 amide bonds. The summed E-state index contributed by atoms with van der Waals surface area (Å²) in [5.41, 5.74) is 7.78. The van der Waals surface area contributed by atoms with Gasteiger partial charge in [-0.3, -0.25) is 0 Å². The highest BCUT2D eigenvalue weighted by Gasteiger charge is 1.96. The molecule has 0 aromatic heterocycles. The lowest BCUT2D eigenvalue weighted by Gasteiger charge is -2.03. The van der Waals surface area contributed by atoms with Crippen molar-refractivity contribution in [2.45, 2.75) is 19.3 Å². The predicted molar refractivity (Wildman–Crippen MR) is 50.9 cm³/mol. The van der Waals surface area contributed by atoms with E-state index < -0.39 is 0 Å². The first-order chi connectivity index (χ1) is 5.84. The van der Waals surface area contributed by atoms with Gasteiger partial charge < -0.3 is 10.8 Å². The molecule has 0 spiro atoms. The van der Waals surface area contributed by atoms with Crippen molar-refractivity contribution in [2.24, 2.45) is 0 Å². The lowest BCUT2D eigenvalue weighted by Crippen LogP contribution is -1.94. The number of aryl methyl sites for hydroxylation is 1. The van der Waals surface area contributed by atoms with Gasteiger partial charge in [-0.05, 0) is 30.9 Å². The maximum Gasteiger partial charge on any atom is 0.0431 e. The summed E-state index contributed by atoms with van der Waals surface area (Å²) in [4.78, 5) is 0. The zero-order chi connectivity index (χ0) is 8.81. The maximum absolute atomic E-state index is 8.58. The van der Waals surface area contributed by atoms with Crippen LogP contribution < -0.4 is 5.73 Å². The average molecular weight is 165 g/mol. The Bertz CT molecular complexity index is 235. The fourth-order valence-corrected chi connectivity index (χ4v) is 1.19. The fourth-order valence-electron chi connectivity index (χ4n) is 1.19. The molecular weight excluding hydrogens is 150 g/mol. The SMILES string of the molecule is Nc1ccccc1CCCCO. The minimum absolute atomic E-state index is 0.271. The van der Waals surface area contributed by atoms with Crippen molar-refractivity contribution < 1.29 is 5.11 Å². The lowest BCUT2D eigenvalue weighted by molar-refractivity contribution is 0.284. The molecular formula is C10H15NO. The van der Waals surface area contributed by atoms with Crippen LogP contribution in [0.4, 0.5) is 5.69 Å². The number of aliphatic hydroxyl groups excluding tert-OH is 1. The molecule has 1 aromatic carbocycles. The van der Waals surface area contributed by atoms with Crippen LogP contribution in [-0.4, -0.2) is 11.7 Å². The Kier molecular flexibility index (Phi) is 3.61. The van der Waals surface area contributed by atoms with Gasteiger partial charge in [-0.25, -0.2) is 0 Å². The first kappa shape index (κ1) is 9.07. The van der Waals surface area contributed by atoms with Crippen molar-refractivity contribution in [3.05, 3.63) is 29.8 Å². The van der Waals surface area contributed by atoms with Crippen LogP contribution in [0.25, 0.3) is 0 Å². The van der Waals surface area contributed by atoms with E-state index in [1.54, 1.807) is 0 Å². The van der Waals surface area contributed by atoms with E-state index in [-0.39, 0.29) is 6.61 Å². The number of para-hydroxylation sites is 1. The largest absolute Gasteiger partial charge is 0.399 e. The molecule has 66 valence electrons. The zero-order valence-corrected chi connectivity index (χ0v) is 7.16. The van der Waals surface area contributed by atoms with Crippen molar-refractivity contribution in [2.75, 3.05) is 12.3 Å². The number of nitrogens with two attached hydrogens (primary N) is 1. The molecule has 0 aliphatic carbocycles. The standard InChI is InChI=1S/C10H15NO/c11-10-7-2-1-5-9(10)6-3-4-8-12/h1-2,5,7,12H,3-4,6,8,11H2. The number of hydrogen-bond donors (Lipinski definition) is 2. The second kappa shape index (κ2) is 4.78. The highest BCUT2D eigenvalue weighted by molar-refractivity contribution is 5.46. The predicted octanol–water partition coefficient (Wildman–Crippen LogP) is 1.58. The fraction of sp³-hybridized carbons (Fsp3) is 0.400. The van der Waals surface area contributed by atoms with E-state index in [9.17, 15) is 0 Å². The van der Waals surface area contributed by atoms with Crippen LogP contribution in [0.2, 0.25) is 0 Å². The Morgan fingerprint density at radius 3 is 2.58 bits per heavy atom. The number of aliphatic hydroxyl groups is 1. The first-order valence-corrected chi connectivity index (χ1v) is 4.29. The van der Waals surface area contributed by atoms with E-state index in [0.717, 1.165) is 24.9 Å². The summed E-state index contributed by atoms with van der Waals surface area (Å²) in [6.07, 6.45) is 2.83. The van der Waals surface area contributed by atoms with Gasteiger partial charge in [0.05, 0.1) is 0 Å². The molecule has 2 nitrogen and oxygen atoms in total. The van der Waals surface area contributed by atoms with Crippen molar-refractivity contribution >= 4 is 5.69 Å². The van der Waals surface area contributed by atoms with Crippen molar-refractivity contribution in [1.29, 1.82) is 0 Å². The highest BCUT2D eigenvalue weighted by Crippen LogP contribution is 2.12. The molecule has 1 aromatic rings. The monoisotopic (exact) mass is 165 g/mol. The number of benzene rings is 1. The van der Waals surface area contributed by atoms with Crippen LogP contribution in [0.15, 0.2) is 24.3 Å². The first-order valence-electron chi connectivity index (χ1n) is 4.29. The molecule has 0 heterocycles. The molecule has 0 atom stereocenters. The van der Waals surface area contributed by atoms with E-state index in [0.29, 0.717) is 0 Å². The number of rotatable bonds is 4. The van der Waals surface area contributed by atoms with Crippen LogP contribution in [0, 0.1) is 0 Å². The number of hydrogen-bond acceptors (Lipinski definition) is 2. The molecule has 0 fully saturated rings. The van der Waals surface area contributed by atoms with Crippen molar-refractivity contribution in [3.63, 3.8) is 0 Å². The van der Waals surface area contributed by atoms with Crippen molar-refractivity contribution in [3.8, 4) is 0 Å². The van der Waals surface area contributed by atoms with E-state index in [1.807, 2.05) is 24.3 Å². The average Bonchev–Trinajstić information content (AvgIpc) is 2.09. The second-order valence-electron chi connectivity index (χ2n) is 2.88. The van der Waals surface area contributed by atoms with E-state index in [1.165, 1.54) is 5.56 Å². The molecule has 0 bridgehead atoms. The van der Waals surface area contributed by atoms with Crippen LogP contribution in [-0.2, 0) is 6.42 Å². The van der Waals surface area contributed by atoms with Gasteiger partial charge in [0.15, 0.2) is 0 Å². The molecule has 0 saturated carbocycles. The van der Waals surface area contributed by atoms with Gasteiger partial charge in [0.25, 0.3) is 0 Å². The maximum atomic E-state index is 8.58. The second-order valence-corrected chi connectivity index (χ2v) is 2.88. The highest BCUT2D eigenvalue weighted by atomic mass is 16.2. The topological polar surface area (TPSA) is 46.2 Å². The Morgan fingerprint density at radius 2 is 1.92 bits per heavy atom. The Balaban J connectivity index is 2.46. The quantitative estimate of drug-likeness (QED) is 0.525. The zero-order valence-electron chi connectivity index (χ0n) is 7.16. The summed E-state index contributed by atoms with van der Waals surface area (Å²) < 4.78 is 0. The number of unbranched alkanes of at least 4 members (excludes halogenated alkanes) is 1. The van der Waals surface area contributed by atoms with Crippen LogP contribution in [0.1, 0.15) is 18.4 Å². The molecule has 3 N–H and O–H groups in total. The van der Waals surface area contributed by atoms with Crippen LogP contribution in [0.5, 0.6) is 0 Å². The van der Waals surface area contributed by atoms with E-state index >= 15 is 0 Å². The smallest absolute Gasteiger partial charge is 0.0431 e. The Labute approximate surface area is 73.0 Å². The van der Waals surface area contributed by atoms with Gasteiger partial charge in [-0.15, -0.1) is 0 Å². The molecule has 0 aliphatic heterocycles. The normalized spacial score (nSPS) is 10.1. The summed E-state index contributed by atoms with van der Waals surface area (Å²) in [5.74, 6) is 0. The summed E-state index contributed by atoms with van der Waals surface area (Å²) in [5, 5.41) is 8.58. The van der Waals surface area contributed by atoms with Gasteiger partial charge in [0.2, 0.25) is 0 Å². The van der Waals surface area contributed by atoms with Gasteiger partial charge in [-0.2, -0.15) is 0 Å². The lowest BCUT2D eigenvalue weighted by atomic mass is 10.1. The van der Waals surface area contributed by atoms with Gasteiger partial charge in [-0.1, -0.05) is 18.2 Å². The molecule has 12 heavy (non-hydrogen) atoms. The van der Waals surface area contributed by atoms with E-state index in [2.05, 4.69) is 0 Å². The number of nitrogen functional groups attached to an aromatic ring is 1. The third kappa shape index (κ3) is 2.55. The molecule has 0 unspecified atom stereocenters. The summed E-state index contributed by atoms with van der Waals surface area (Å²) in [7, 11) is 0. The van der Waals surface area contributed by atoms with Crippen molar-refractivity contribution in [1.82, 2.24) is 0 Å². The molecule has 1 rings (SSSR count). The molecule has 2 heteroatoms. The van der Waals surface area contributed by atoms with Crippen LogP contribution in [0.3, 0.4) is 0 Å². The third-order valence-electron chi connectivity index (χ3n) is 1.91. The summed E-state index contributed by atoms with van der Waals surface area (Å²) in [6, 6.07) is 7.87. The van der Waals surface area contributed by atoms with Crippen LogP contribution >= 0.6 is 0 Å². The summed E-state index contributed by atoms with van der Waals surface area (Å²) >= 11 is 0. The Morgan fingerprint density at radius 1 is 1.17 bits per heavy atom. The third-order valence-corrected chi connectivity index (χ3v) is 1.91. The minimum atomic E-state index is 0.271. The number of anilines is 1. The molecule has 0 saturated heterocycles. The minimum Gasteiger partial charge on any atom is -0.399 e. The van der Waals surface area contributed by atoms with Gasteiger partial charge in [0, 0.05) is 12.3 Å². The Hall–Kier alpha value is -1.02.